The number of aliphatic hydroxyl groups is 1. The van der Waals surface area contributed by atoms with Gasteiger partial charge in [-0.05, 0) is 67.1 Å². The molecule has 2 N–H and O–H groups in total. The summed E-state index contributed by atoms with van der Waals surface area (Å²) in [6, 6.07) is 20.5. The number of nitrogens with zero attached hydrogens (tertiary/aromatic N) is 2. The summed E-state index contributed by atoms with van der Waals surface area (Å²) in [5.41, 5.74) is 2.38. The highest BCUT2D eigenvalue weighted by atomic mass is 16.5. The number of hydrogen-bond acceptors (Lipinski definition) is 7. The number of para-hydroxylation sites is 1. The zero-order valence-corrected chi connectivity index (χ0v) is 20.7. The molecule has 1 aromatic heterocycles. The molecule has 0 radical (unpaired) electrons. The Balaban J connectivity index is 1.31. The second-order valence-electron chi connectivity index (χ2n) is 8.44. The van der Waals surface area contributed by atoms with E-state index in [0.29, 0.717) is 34.8 Å². The maximum absolute atomic E-state index is 12.9. The number of aliphatic hydroxyl groups excluding tert-OH is 1. The van der Waals surface area contributed by atoms with Gasteiger partial charge in [-0.1, -0.05) is 18.2 Å². The number of methoxy groups -OCH3 is 2. The average molecular weight is 490 g/mol. The van der Waals surface area contributed by atoms with Crippen LogP contribution in [0.2, 0.25) is 0 Å². The van der Waals surface area contributed by atoms with Gasteiger partial charge in [0.2, 0.25) is 0 Å². The molecule has 3 aromatic carbocycles. The number of rotatable bonds is 11. The van der Waals surface area contributed by atoms with Gasteiger partial charge < -0.3 is 24.6 Å². The Kier molecular flexibility index (Phi) is 8.20. The van der Waals surface area contributed by atoms with Crippen LogP contribution in [0.5, 0.6) is 17.2 Å². The molecule has 0 aliphatic heterocycles. The summed E-state index contributed by atoms with van der Waals surface area (Å²) in [4.78, 5) is 17.5. The van der Waals surface area contributed by atoms with Crippen LogP contribution < -0.4 is 25.1 Å². The molecule has 0 aliphatic carbocycles. The van der Waals surface area contributed by atoms with Gasteiger partial charge in [-0.3, -0.25) is 9.36 Å². The fourth-order valence-electron chi connectivity index (χ4n) is 3.99. The molecule has 1 atom stereocenters. The summed E-state index contributed by atoms with van der Waals surface area (Å²) in [7, 11) is 4.93. The van der Waals surface area contributed by atoms with Gasteiger partial charge in [0.05, 0.1) is 25.1 Å². The third-order valence-electron chi connectivity index (χ3n) is 5.98. The van der Waals surface area contributed by atoms with E-state index >= 15 is 0 Å². The molecule has 0 saturated carbocycles. The normalized spacial score (nSPS) is 11.9. The van der Waals surface area contributed by atoms with Gasteiger partial charge in [-0.2, -0.15) is 0 Å². The van der Waals surface area contributed by atoms with Crippen LogP contribution in [-0.4, -0.2) is 54.7 Å². The molecule has 36 heavy (non-hydrogen) atoms. The number of ether oxygens (including phenoxy) is 3. The smallest absolute Gasteiger partial charge is 0.261 e. The van der Waals surface area contributed by atoms with E-state index in [0.717, 1.165) is 29.8 Å². The molecule has 0 fully saturated rings. The largest absolute Gasteiger partial charge is 0.497 e. The summed E-state index contributed by atoms with van der Waals surface area (Å²) in [6.45, 7) is 1.30. The zero-order chi connectivity index (χ0) is 25.5. The Bertz CT molecular complexity index is 1370. The van der Waals surface area contributed by atoms with Crippen molar-refractivity contribution >= 4 is 10.9 Å². The predicted octanol–water partition coefficient (Wildman–Crippen LogP) is 3.19. The van der Waals surface area contributed by atoms with Crippen molar-refractivity contribution in [1.82, 2.24) is 14.9 Å². The third-order valence-corrected chi connectivity index (χ3v) is 5.98. The van der Waals surface area contributed by atoms with E-state index in [1.54, 1.807) is 39.5 Å². The predicted molar refractivity (Wildman–Crippen MR) is 140 cm³/mol. The molecular formula is C28H31N3O5. The van der Waals surface area contributed by atoms with Crippen molar-refractivity contribution < 1.29 is 19.3 Å². The maximum Gasteiger partial charge on any atom is 0.261 e. The van der Waals surface area contributed by atoms with Gasteiger partial charge in [0.1, 0.15) is 35.8 Å². The van der Waals surface area contributed by atoms with Crippen molar-refractivity contribution in [3.05, 3.63) is 82.6 Å². The van der Waals surface area contributed by atoms with Gasteiger partial charge in [0, 0.05) is 19.2 Å². The van der Waals surface area contributed by atoms with Crippen LogP contribution in [0.15, 0.2) is 71.5 Å². The molecule has 8 nitrogen and oxygen atoms in total. The van der Waals surface area contributed by atoms with Crippen LogP contribution in [-0.2, 0) is 13.5 Å². The lowest BCUT2D eigenvalue weighted by atomic mass is 10.1. The first-order chi connectivity index (χ1) is 17.5. The minimum absolute atomic E-state index is 0.143. The van der Waals surface area contributed by atoms with E-state index < -0.39 is 6.10 Å². The van der Waals surface area contributed by atoms with Crippen molar-refractivity contribution in [3.8, 4) is 28.6 Å². The Hall–Kier alpha value is -3.88. The molecule has 1 heterocycles. The Morgan fingerprint density at radius 1 is 1.00 bits per heavy atom. The van der Waals surface area contributed by atoms with E-state index in [4.69, 9.17) is 14.2 Å². The van der Waals surface area contributed by atoms with Gasteiger partial charge in [-0.25, -0.2) is 4.98 Å². The number of benzene rings is 3. The highest BCUT2D eigenvalue weighted by Crippen LogP contribution is 2.23. The summed E-state index contributed by atoms with van der Waals surface area (Å²) in [6.07, 6.45) is 0.153. The van der Waals surface area contributed by atoms with Crippen molar-refractivity contribution in [1.29, 1.82) is 0 Å². The number of aromatic nitrogens is 2. The van der Waals surface area contributed by atoms with Gasteiger partial charge in [-0.15, -0.1) is 0 Å². The van der Waals surface area contributed by atoms with Crippen LogP contribution in [0.25, 0.3) is 22.3 Å². The SMILES string of the molecule is COc1ccc2nc(-c3ccc(OCC(O)CNCCc4ccccc4OC)cc3)n(C)c(=O)c2c1. The fourth-order valence-corrected chi connectivity index (χ4v) is 3.99. The first-order valence-corrected chi connectivity index (χ1v) is 11.8. The van der Waals surface area contributed by atoms with Crippen LogP contribution in [0.4, 0.5) is 0 Å². The van der Waals surface area contributed by atoms with Crippen molar-refractivity contribution in [2.75, 3.05) is 33.9 Å². The van der Waals surface area contributed by atoms with Crippen LogP contribution in [0, 0.1) is 0 Å². The van der Waals surface area contributed by atoms with Crippen molar-refractivity contribution in [2.24, 2.45) is 7.05 Å². The second kappa shape index (κ2) is 11.7. The molecule has 4 rings (SSSR count). The van der Waals surface area contributed by atoms with Gasteiger partial charge >= 0.3 is 0 Å². The lowest BCUT2D eigenvalue weighted by Crippen LogP contribution is -2.32. The summed E-state index contributed by atoms with van der Waals surface area (Å²) in [5, 5.41) is 14.0. The fraction of sp³-hybridized carbons (Fsp3) is 0.286. The highest BCUT2D eigenvalue weighted by Gasteiger charge is 2.12. The Morgan fingerprint density at radius 2 is 1.75 bits per heavy atom. The molecule has 0 bridgehead atoms. The molecule has 0 amide bonds. The summed E-state index contributed by atoms with van der Waals surface area (Å²) in [5.74, 6) is 2.67. The van der Waals surface area contributed by atoms with Crippen LogP contribution in [0.1, 0.15) is 5.56 Å². The van der Waals surface area contributed by atoms with Crippen molar-refractivity contribution in [2.45, 2.75) is 12.5 Å². The third kappa shape index (κ3) is 5.84. The molecule has 0 aliphatic rings. The van der Waals surface area contributed by atoms with Gasteiger partial charge in [0.15, 0.2) is 0 Å². The summed E-state index contributed by atoms with van der Waals surface area (Å²) >= 11 is 0. The lowest BCUT2D eigenvalue weighted by Gasteiger charge is -2.14. The molecular weight excluding hydrogens is 458 g/mol. The van der Waals surface area contributed by atoms with Crippen molar-refractivity contribution in [3.63, 3.8) is 0 Å². The van der Waals surface area contributed by atoms with E-state index in [1.165, 1.54) is 4.57 Å². The monoisotopic (exact) mass is 489 g/mol. The molecule has 8 heteroatoms. The lowest BCUT2D eigenvalue weighted by molar-refractivity contribution is 0.106. The van der Waals surface area contributed by atoms with Crippen LogP contribution in [0.3, 0.4) is 0 Å². The molecule has 188 valence electrons. The zero-order valence-electron chi connectivity index (χ0n) is 20.7. The molecule has 0 spiro atoms. The quantitative estimate of drug-likeness (QED) is 0.313. The first-order valence-electron chi connectivity index (χ1n) is 11.8. The molecule has 4 aromatic rings. The minimum Gasteiger partial charge on any atom is -0.497 e. The van der Waals surface area contributed by atoms with E-state index in [9.17, 15) is 9.90 Å². The number of hydrogen-bond donors (Lipinski definition) is 2. The number of fused-ring (bicyclic) bond motifs is 1. The highest BCUT2D eigenvalue weighted by molar-refractivity contribution is 5.81. The Labute approximate surface area is 210 Å². The summed E-state index contributed by atoms with van der Waals surface area (Å²) < 4.78 is 17.9. The van der Waals surface area contributed by atoms with E-state index in [1.807, 2.05) is 48.5 Å². The second-order valence-corrected chi connectivity index (χ2v) is 8.44. The molecule has 1 unspecified atom stereocenters. The average Bonchev–Trinajstić information content (AvgIpc) is 2.92. The minimum atomic E-state index is -0.651. The topological polar surface area (TPSA) is 94.8 Å². The Morgan fingerprint density at radius 3 is 2.50 bits per heavy atom. The first kappa shape index (κ1) is 25.2. The van der Waals surface area contributed by atoms with E-state index in [-0.39, 0.29) is 12.2 Å². The van der Waals surface area contributed by atoms with Gasteiger partial charge in [0.25, 0.3) is 5.56 Å². The standard InChI is InChI=1S/C28H31N3O5/c1-31-27(30-25-13-12-23(34-2)16-24(25)28(31)33)20-8-10-22(11-9-20)36-18-21(32)17-29-15-14-19-6-4-5-7-26(19)35-3/h4-13,16,21,29,32H,14-15,17-18H2,1-3H3. The number of nitrogens with one attached hydrogen (secondary N) is 1. The van der Waals surface area contributed by atoms with E-state index in [2.05, 4.69) is 10.3 Å². The van der Waals surface area contributed by atoms with Crippen LogP contribution >= 0.6 is 0 Å². The molecule has 0 saturated heterocycles. The maximum atomic E-state index is 12.9.